The lowest BCUT2D eigenvalue weighted by molar-refractivity contribution is 0.529. The van der Waals surface area contributed by atoms with Crippen LogP contribution in [-0.2, 0) is 13.1 Å². The van der Waals surface area contributed by atoms with Crippen molar-refractivity contribution >= 4 is 23.4 Å². The first-order chi connectivity index (χ1) is 8.84. The Hall–Kier alpha value is -1.95. The largest absolute Gasteiger partial charge is 0.329 e. The van der Waals surface area contributed by atoms with Gasteiger partial charge in [0.25, 0.3) is 0 Å². The van der Waals surface area contributed by atoms with Crippen LogP contribution in [0.3, 0.4) is 0 Å². The molecule has 92 valence electrons. The molecular weight excluding hydrogens is 246 g/mol. The van der Waals surface area contributed by atoms with E-state index < -0.39 is 0 Å². The van der Waals surface area contributed by atoms with Crippen LogP contribution in [0.2, 0.25) is 0 Å². The molecule has 0 atom stereocenters. The molecule has 0 aliphatic heterocycles. The van der Waals surface area contributed by atoms with Crippen LogP contribution in [0.25, 0.3) is 11.2 Å². The van der Waals surface area contributed by atoms with Gasteiger partial charge in [-0.1, -0.05) is 0 Å². The number of hydrogen-bond acceptors (Lipinski definition) is 3. The Morgan fingerprint density at radius 1 is 1.22 bits per heavy atom. The number of imidazole rings is 1. The van der Waals surface area contributed by atoms with E-state index in [-0.39, 0.29) is 0 Å². The number of nitrogens with one attached hydrogen (secondary N) is 1. The van der Waals surface area contributed by atoms with Gasteiger partial charge in [0.05, 0.1) is 5.52 Å². The van der Waals surface area contributed by atoms with Gasteiger partial charge < -0.3 is 9.55 Å². The molecule has 0 aromatic carbocycles. The number of hydrogen-bond donors (Lipinski definition) is 1. The molecule has 1 N–H and O–H groups in total. The summed E-state index contributed by atoms with van der Waals surface area (Å²) in [6.45, 7) is 1.73. The normalized spacial score (nSPS) is 11.1. The second kappa shape index (κ2) is 4.73. The minimum atomic E-state index is 0.726. The molecule has 0 radical (unpaired) electrons. The Morgan fingerprint density at radius 3 is 3.00 bits per heavy atom. The summed E-state index contributed by atoms with van der Waals surface area (Å²) in [5.41, 5.74) is 1.91. The summed E-state index contributed by atoms with van der Waals surface area (Å²) in [5.74, 6) is 0. The Labute approximate surface area is 109 Å². The monoisotopic (exact) mass is 259 g/mol. The predicted octanol–water partition coefficient (Wildman–Crippen LogP) is 2.38. The zero-order valence-electron chi connectivity index (χ0n) is 9.78. The molecule has 0 unspecified atom stereocenters. The average Bonchev–Trinajstić information content (AvgIpc) is 2.98. The van der Waals surface area contributed by atoms with Gasteiger partial charge in [0, 0.05) is 31.7 Å². The van der Waals surface area contributed by atoms with E-state index in [1.165, 1.54) is 0 Å². The van der Waals surface area contributed by atoms with Crippen molar-refractivity contribution in [2.24, 2.45) is 0 Å². The molecule has 0 saturated heterocycles. The van der Waals surface area contributed by atoms with Crippen molar-refractivity contribution in [1.29, 1.82) is 0 Å². The molecule has 0 spiro atoms. The van der Waals surface area contributed by atoms with Crippen molar-refractivity contribution < 1.29 is 0 Å². The van der Waals surface area contributed by atoms with Gasteiger partial charge in [-0.25, -0.2) is 4.98 Å². The Morgan fingerprint density at radius 2 is 2.17 bits per heavy atom. The molecule has 18 heavy (non-hydrogen) atoms. The van der Waals surface area contributed by atoms with Crippen LogP contribution in [0.5, 0.6) is 0 Å². The quantitative estimate of drug-likeness (QED) is 0.732. The number of aryl methyl sites for hydroxylation is 2. The molecule has 3 rings (SSSR count). The highest BCUT2D eigenvalue weighted by atomic mass is 32.1. The molecule has 3 aromatic heterocycles. The van der Waals surface area contributed by atoms with Gasteiger partial charge in [0.1, 0.15) is 0 Å². The third-order valence-electron chi connectivity index (χ3n) is 2.86. The highest BCUT2D eigenvalue weighted by Crippen LogP contribution is 2.11. The summed E-state index contributed by atoms with van der Waals surface area (Å²) < 4.78 is 4.68. The van der Waals surface area contributed by atoms with Gasteiger partial charge in [0.2, 0.25) is 0 Å². The molecule has 3 aromatic rings. The van der Waals surface area contributed by atoms with E-state index in [9.17, 15) is 0 Å². The summed E-state index contributed by atoms with van der Waals surface area (Å²) >= 11 is 5.31. The lowest BCUT2D eigenvalue weighted by Gasteiger charge is -2.04. The number of aromatic nitrogens is 5. The fraction of sp³-hybridized carbons (Fsp3) is 0.250. The van der Waals surface area contributed by atoms with E-state index in [2.05, 4.69) is 15.1 Å². The Balaban J connectivity index is 1.78. The van der Waals surface area contributed by atoms with Gasteiger partial charge in [-0.2, -0.15) is 5.10 Å². The fourth-order valence-electron chi connectivity index (χ4n) is 2.02. The highest BCUT2D eigenvalue weighted by Gasteiger charge is 2.04. The molecule has 3 heterocycles. The van der Waals surface area contributed by atoms with Crippen LogP contribution < -0.4 is 0 Å². The first-order valence-corrected chi connectivity index (χ1v) is 6.26. The van der Waals surface area contributed by atoms with Gasteiger partial charge in [0.15, 0.2) is 10.4 Å². The highest BCUT2D eigenvalue weighted by molar-refractivity contribution is 7.71. The topological polar surface area (TPSA) is 51.4 Å². The van der Waals surface area contributed by atoms with Crippen molar-refractivity contribution in [2.75, 3.05) is 0 Å². The third-order valence-corrected chi connectivity index (χ3v) is 3.18. The van der Waals surface area contributed by atoms with Gasteiger partial charge in [-0.3, -0.25) is 4.68 Å². The van der Waals surface area contributed by atoms with Gasteiger partial charge >= 0.3 is 0 Å². The molecule has 0 fully saturated rings. The minimum Gasteiger partial charge on any atom is -0.329 e. The van der Waals surface area contributed by atoms with Gasteiger partial charge in [-0.15, -0.1) is 0 Å². The maximum Gasteiger partial charge on any atom is 0.179 e. The first-order valence-electron chi connectivity index (χ1n) is 5.85. The first kappa shape index (κ1) is 11.2. The standard InChI is InChI=1S/C12H13N5S/c18-12-15-10-4-1-5-13-11(10)17(12)9-3-8-16-7-2-6-14-16/h1-2,4-7H,3,8-9H2,(H,15,18). The summed E-state index contributed by atoms with van der Waals surface area (Å²) in [7, 11) is 0. The number of rotatable bonds is 4. The van der Waals surface area contributed by atoms with Crippen LogP contribution in [0.15, 0.2) is 36.8 Å². The second-order valence-electron chi connectivity index (χ2n) is 4.08. The number of pyridine rings is 1. The summed E-state index contributed by atoms with van der Waals surface area (Å²) in [5, 5.41) is 4.18. The van der Waals surface area contributed by atoms with Crippen molar-refractivity contribution in [3.63, 3.8) is 0 Å². The summed E-state index contributed by atoms with van der Waals surface area (Å²) in [6.07, 6.45) is 6.51. The molecule has 0 aliphatic carbocycles. The molecule has 0 bridgehead atoms. The second-order valence-corrected chi connectivity index (χ2v) is 4.47. The summed E-state index contributed by atoms with van der Waals surface area (Å²) in [4.78, 5) is 7.52. The zero-order valence-corrected chi connectivity index (χ0v) is 10.6. The van der Waals surface area contributed by atoms with E-state index in [1.807, 2.05) is 33.6 Å². The molecule has 0 saturated carbocycles. The lowest BCUT2D eigenvalue weighted by atomic mass is 10.4. The maximum atomic E-state index is 5.31. The number of fused-ring (bicyclic) bond motifs is 1. The van der Waals surface area contributed by atoms with Crippen molar-refractivity contribution in [1.82, 2.24) is 24.3 Å². The van der Waals surface area contributed by atoms with Crippen LogP contribution >= 0.6 is 12.2 Å². The molecule has 5 nitrogen and oxygen atoms in total. The van der Waals surface area contributed by atoms with Crippen LogP contribution in [0.4, 0.5) is 0 Å². The summed E-state index contributed by atoms with van der Waals surface area (Å²) in [6, 6.07) is 5.82. The van der Waals surface area contributed by atoms with Gasteiger partial charge in [-0.05, 0) is 36.8 Å². The smallest absolute Gasteiger partial charge is 0.179 e. The lowest BCUT2D eigenvalue weighted by Crippen LogP contribution is -2.05. The maximum absolute atomic E-state index is 5.31. The van der Waals surface area contributed by atoms with Crippen molar-refractivity contribution in [2.45, 2.75) is 19.5 Å². The SMILES string of the molecule is S=c1[nH]c2cccnc2n1CCCn1cccn1. The fourth-order valence-corrected chi connectivity index (χ4v) is 2.31. The third kappa shape index (κ3) is 2.06. The molecule has 0 aliphatic rings. The van der Waals surface area contributed by atoms with Crippen molar-refractivity contribution in [3.05, 3.63) is 41.6 Å². The number of aromatic amines is 1. The predicted molar refractivity (Wildman–Crippen MR) is 71.8 cm³/mol. The number of H-pyrrole nitrogens is 1. The Bertz CT molecular complexity index is 695. The van der Waals surface area contributed by atoms with Crippen LogP contribution in [0.1, 0.15) is 6.42 Å². The van der Waals surface area contributed by atoms with E-state index in [0.717, 1.165) is 35.4 Å². The van der Waals surface area contributed by atoms with Crippen molar-refractivity contribution in [3.8, 4) is 0 Å². The van der Waals surface area contributed by atoms with E-state index in [4.69, 9.17) is 12.2 Å². The molecule has 6 heteroatoms. The number of nitrogens with zero attached hydrogens (tertiary/aromatic N) is 4. The van der Waals surface area contributed by atoms with Crippen LogP contribution in [0, 0.1) is 4.77 Å². The molecular formula is C12H13N5S. The van der Waals surface area contributed by atoms with Crippen LogP contribution in [-0.4, -0.2) is 24.3 Å². The Kier molecular flexibility index (Phi) is 2.93. The van der Waals surface area contributed by atoms with E-state index >= 15 is 0 Å². The van der Waals surface area contributed by atoms with E-state index in [0.29, 0.717) is 0 Å². The average molecular weight is 259 g/mol. The molecule has 0 amide bonds. The van der Waals surface area contributed by atoms with E-state index in [1.54, 1.807) is 12.4 Å². The minimum absolute atomic E-state index is 0.726. The zero-order chi connectivity index (χ0) is 12.4.